The molecule has 3 aromatic rings. The van der Waals surface area contributed by atoms with Crippen LogP contribution < -0.4 is 16.1 Å². The summed E-state index contributed by atoms with van der Waals surface area (Å²) in [4.78, 5) is 4.58. The Morgan fingerprint density at radius 3 is 2.58 bits per heavy atom. The minimum absolute atomic E-state index is 0.489. The Morgan fingerprint density at radius 1 is 1.12 bits per heavy atom. The normalized spacial score (nSPS) is 11.3. The number of thiazole rings is 1. The lowest BCUT2D eigenvalue weighted by Crippen LogP contribution is -2.29. The molecule has 0 amide bonds. The monoisotopic (exact) mass is 355 g/mol. The summed E-state index contributed by atoms with van der Waals surface area (Å²) in [6.07, 6.45) is 0. The number of benzene rings is 2. The van der Waals surface area contributed by atoms with Gasteiger partial charge in [0.15, 0.2) is 10.2 Å². The van der Waals surface area contributed by atoms with Crippen LogP contribution in [0.4, 0.5) is 10.8 Å². The fourth-order valence-corrected chi connectivity index (χ4v) is 3.03. The Labute approximate surface area is 149 Å². The van der Waals surface area contributed by atoms with Crippen molar-refractivity contribution in [2.75, 3.05) is 12.4 Å². The van der Waals surface area contributed by atoms with Crippen LogP contribution in [0.2, 0.25) is 0 Å². The number of nitrogens with one attached hydrogen (secondary N) is 3. The standard InChI is InChI=1S/C17H17N5S2/c1-11(21-22-16(23)18-2)12-7-9-13(10-8-12)19-17-20-14-5-3-4-6-15(14)24-17/h3-10H,1-2H3,(H,19,20)(H2,18,22,23)/b21-11+. The molecule has 0 unspecified atom stereocenters. The van der Waals surface area contributed by atoms with E-state index in [2.05, 4.69) is 32.2 Å². The van der Waals surface area contributed by atoms with Crippen molar-refractivity contribution >= 4 is 55.4 Å². The van der Waals surface area contributed by atoms with Gasteiger partial charge in [-0.25, -0.2) is 4.98 Å². The lowest BCUT2D eigenvalue weighted by molar-refractivity contribution is 0.974. The minimum atomic E-state index is 0.489. The van der Waals surface area contributed by atoms with Crippen LogP contribution in [0, 0.1) is 0 Å². The first kappa shape index (κ1) is 16.4. The molecular weight excluding hydrogens is 338 g/mol. The smallest absolute Gasteiger partial charge is 0.188 e. The van der Waals surface area contributed by atoms with Gasteiger partial charge in [0.1, 0.15) is 0 Å². The molecule has 0 saturated heterocycles. The van der Waals surface area contributed by atoms with Crippen LogP contribution in [-0.4, -0.2) is 22.9 Å². The molecule has 0 saturated carbocycles. The molecule has 0 radical (unpaired) electrons. The number of anilines is 2. The van der Waals surface area contributed by atoms with Gasteiger partial charge in [0, 0.05) is 12.7 Å². The van der Waals surface area contributed by atoms with E-state index in [1.807, 2.05) is 49.4 Å². The maximum Gasteiger partial charge on any atom is 0.188 e. The van der Waals surface area contributed by atoms with Crippen molar-refractivity contribution in [2.45, 2.75) is 6.92 Å². The molecule has 7 heteroatoms. The molecular formula is C17H17N5S2. The summed E-state index contributed by atoms with van der Waals surface area (Å²) < 4.78 is 1.17. The van der Waals surface area contributed by atoms with Crippen molar-refractivity contribution < 1.29 is 0 Å². The zero-order valence-corrected chi connectivity index (χ0v) is 15.0. The largest absolute Gasteiger partial charge is 0.364 e. The van der Waals surface area contributed by atoms with E-state index in [0.717, 1.165) is 27.6 Å². The summed E-state index contributed by atoms with van der Waals surface area (Å²) in [5, 5.41) is 11.8. The summed E-state index contributed by atoms with van der Waals surface area (Å²) >= 11 is 6.64. The van der Waals surface area contributed by atoms with Crippen molar-refractivity contribution in [3.63, 3.8) is 0 Å². The highest BCUT2D eigenvalue weighted by Crippen LogP contribution is 2.28. The van der Waals surface area contributed by atoms with Crippen LogP contribution in [0.1, 0.15) is 12.5 Å². The van der Waals surface area contributed by atoms with Gasteiger partial charge in [-0.05, 0) is 49.0 Å². The number of nitrogens with zero attached hydrogens (tertiary/aromatic N) is 2. The average Bonchev–Trinajstić information content (AvgIpc) is 3.02. The summed E-state index contributed by atoms with van der Waals surface area (Å²) in [6, 6.07) is 16.2. The maximum absolute atomic E-state index is 5.00. The van der Waals surface area contributed by atoms with Crippen LogP contribution in [0.5, 0.6) is 0 Å². The van der Waals surface area contributed by atoms with Crippen LogP contribution in [0.3, 0.4) is 0 Å². The van der Waals surface area contributed by atoms with Gasteiger partial charge < -0.3 is 10.6 Å². The van der Waals surface area contributed by atoms with E-state index in [4.69, 9.17) is 12.2 Å². The van der Waals surface area contributed by atoms with Crippen LogP contribution in [-0.2, 0) is 0 Å². The summed E-state index contributed by atoms with van der Waals surface area (Å²) in [5.41, 5.74) is 6.67. The minimum Gasteiger partial charge on any atom is -0.364 e. The second-order valence-corrected chi connectivity index (χ2v) is 6.52. The van der Waals surface area contributed by atoms with E-state index < -0.39 is 0 Å². The molecule has 0 fully saturated rings. The molecule has 3 rings (SSSR count). The predicted molar refractivity (Wildman–Crippen MR) is 106 cm³/mol. The molecule has 0 aliphatic heterocycles. The zero-order valence-electron chi connectivity index (χ0n) is 13.3. The van der Waals surface area contributed by atoms with Gasteiger partial charge in [0.25, 0.3) is 0 Å². The van der Waals surface area contributed by atoms with Crippen molar-refractivity contribution in [1.82, 2.24) is 15.7 Å². The first-order valence-electron chi connectivity index (χ1n) is 7.41. The van der Waals surface area contributed by atoms with E-state index >= 15 is 0 Å². The van der Waals surface area contributed by atoms with Crippen LogP contribution >= 0.6 is 23.6 Å². The molecule has 2 aromatic carbocycles. The predicted octanol–water partition coefficient (Wildman–Crippen LogP) is 3.86. The number of fused-ring (bicyclic) bond motifs is 1. The molecule has 1 aromatic heterocycles. The van der Waals surface area contributed by atoms with Gasteiger partial charge in [-0.3, -0.25) is 5.43 Å². The fourth-order valence-electron chi connectivity index (χ4n) is 2.10. The molecule has 0 atom stereocenters. The molecule has 5 nitrogen and oxygen atoms in total. The van der Waals surface area contributed by atoms with Gasteiger partial charge in [-0.15, -0.1) is 0 Å². The van der Waals surface area contributed by atoms with Crippen LogP contribution in [0.15, 0.2) is 53.6 Å². The van der Waals surface area contributed by atoms with Crippen molar-refractivity contribution in [3.8, 4) is 0 Å². The third-order valence-corrected chi connectivity index (χ3v) is 4.65. The number of hydrogen-bond acceptors (Lipinski definition) is 5. The topological polar surface area (TPSA) is 61.3 Å². The van der Waals surface area contributed by atoms with Crippen molar-refractivity contribution in [2.24, 2.45) is 5.10 Å². The lowest BCUT2D eigenvalue weighted by Gasteiger charge is -2.06. The molecule has 122 valence electrons. The third-order valence-electron chi connectivity index (χ3n) is 3.40. The number of hydrogen-bond donors (Lipinski definition) is 3. The molecule has 24 heavy (non-hydrogen) atoms. The Hall–Kier alpha value is -2.51. The number of aromatic nitrogens is 1. The SMILES string of the molecule is CNC(=S)N/N=C(\C)c1ccc(Nc2nc3ccccc3s2)cc1. The fraction of sp³-hybridized carbons (Fsp3) is 0.118. The summed E-state index contributed by atoms with van der Waals surface area (Å²) in [7, 11) is 1.75. The second-order valence-electron chi connectivity index (χ2n) is 5.08. The van der Waals surface area contributed by atoms with Gasteiger partial charge in [-0.1, -0.05) is 35.6 Å². The highest BCUT2D eigenvalue weighted by Gasteiger charge is 2.04. The van der Waals surface area contributed by atoms with Crippen molar-refractivity contribution in [1.29, 1.82) is 0 Å². The van der Waals surface area contributed by atoms with Gasteiger partial charge in [0.2, 0.25) is 0 Å². The molecule has 0 aliphatic carbocycles. The van der Waals surface area contributed by atoms with Crippen LogP contribution in [0.25, 0.3) is 10.2 Å². The van der Waals surface area contributed by atoms with E-state index in [1.165, 1.54) is 4.70 Å². The van der Waals surface area contributed by atoms with Crippen molar-refractivity contribution in [3.05, 3.63) is 54.1 Å². The highest BCUT2D eigenvalue weighted by molar-refractivity contribution is 7.80. The zero-order chi connectivity index (χ0) is 16.9. The molecule has 0 aliphatic rings. The number of para-hydroxylation sites is 1. The van der Waals surface area contributed by atoms with E-state index in [0.29, 0.717) is 5.11 Å². The number of thiocarbonyl (C=S) groups is 1. The van der Waals surface area contributed by atoms with Gasteiger partial charge >= 0.3 is 0 Å². The first-order chi connectivity index (χ1) is 11.7. The lowest BCUT2D eigenvalue weighted by atomic mass is 10.1. The van der Waals surface area contributed by atoms with E-state index in [-0.39, 0.29) is 0 Å². The average molecular weight is 355 g/mol. The maximum atomic E-state index is 5.00. The number of hydrazone groups is 1. The first-order valence-corrected chi connectivity index (χ1v) is 8.63. The van der Waals surface area contributed by atoms with Gasteiger partial charge in [0.05, 0.1) is 15.9 Å². The molecule has 0 spiro atoms. The van der Waals surface area contributed by atoms with Gasteiger partial charge in [-0.2, -0.15) is 5.10 Å². The Kier molecular flexibility index (Phi) is 5.02. The third kappa shape index (κ3) is 3.87. The Morgan fingerprint density at radius 2 is 1.88 bits per heavy atom. The summed E-state index contributed by atoms with van der Waals surface area (Å²) in [6.45, 7) is 1.93. The van der Waals surface area contributed by atoms with E-state index in [1.54, 1.807) is 18.4 Å². The highest BCUT2D eigenvalue weighted by atomic mass is 32.1. The quantitative estimate of drug-likeness (QED) is 0.377. The Balaban J connectivity index is 1.71. The van der Waals surface area contributed by atoms with E-state index in [9.17, 15) is 0 Å². The Bertz CT molecular complexity index is 850. The molecule has 3 N–H and O–H groups in total. The molecule has 0 bridgehead atoms. The number of rotatable bonds is 4. The second kappa shape index (κ2) is 7.37. The summed E-state index contributed by atoms with van der Waals surface area (Å²) in [5.74, 6) is 0. The molecule has 1 heterocycles.